The summed E-state index contributed by atoms with van der Waals surface area (Å²) in [5.41, 5.74) is 7.59. The SMILES string of the molecule is N#CC(=NOCc1ccc(-c2ccccc2)cc1)C(N)=O. The largest absolute Gasteiger partial charge is 0.390 e. The monoisotopic (exact) mass is 279 g/mol. The second-order valence-corrected chi connectivity index (χ2v) is 4.25. The molecule has 0 aliphatic rings. The number of primary amides is 1. The second kappa shape index (κ2) is 6.87. The van der Waals surface area contributed by atoms with Gasteiger partial charge in [0.15, 0.2) is 0 Å². The first-order valence-corrected chi connectivity index (χ1v) is 6.25. The van der Waals surface area contributed by atoms with Crippen LogP contribution < -0.4 is 5.73 Å². The molecule has 2 aromatic rings. The Kier molecular flexibility index (Phi) is 4.67. The first-order valence-electron chi connectivity index (χ1n) is 6.25. The molecule has 0 spiro atoms. The van der Waals surface area contributed by atoms with E-state index in [-0.39, 0.29) is 6.61 Å². The second-order valence-electron chi connectivity index (χ2n) is 4.25. The van der Waals surface area contributed by atoms with Crippen LogP contribution in [-0.4, -0.2) is 11.6 Å². The van der Waals surface area contributed by atoms with Crippen molar-refractivity contribution in [3.63, 3.8) is 0 Å². The van der Waals surface area contributed by atoms with Crippen LogP contribution in [0.1, 0.15) is 5.56 Å². The Balaban J connectivity index is 2.01. The Morgan fingerprint density at radius 2 is 1.71 bits per heavy atom. The van der Waals surface area contributed by atoms with Gasteiger partial charge in [-0.15, -0.1) is 0 Å². The minimum atomic E-state index is -0.906. The van der Waals surface area contributed by atoms with Gasteiger partial charge in [-0.05, 0) is 16.7 Å². The van der Waals surface area contributed by atoms with E-state index in [1.807, 2.05) is 54.6 Å². The molecule has 2 aromatic carbocycles. The Morgan fingerprint density at radius 3 is 2.29 bits per heavy atom. The molecule has 0 aliphatic heterocycles. The lowest BCUT2D eigenvalue weighted by atomic mass is 10.0. The van der Waals surface area contributed by atoms with Gasteiger partial charge >= 0.3 is 0 Å². The number of hydrogen-bond donors (Lipinski definition) is 1. The number of hydrogen-bond acceptors (Lipinski definition) is 4. The van der Waals surface area contributed by atoms with E-state index >= 15 is 0 Å². The van der Waals surface area contributed by atoms with Gasteiger partial charge in [0.2, 0.25) is 5.71 Å². The summed E-state index contributed by atoms with van der Waals surface area (Å²) < 4.78 is 0. The topological polar surface area (TPSA) is 88.5 Å². The maximum Gasteiger partial charge on any atom is 0.281 e. The van der Waals surface area contributed by atoms with Gasteiger partial charge in [-0.1, -0.05) is 59.8 Å². The van der Waals surface area contributed by atoms with Gasteiger partial charge < -0.3 is 10.6 Å². The molecule has 21 heavy (non-hydrogen) atoms. The van der Waals surface area contributed by atoms with E-state index in [2.05, 4.69) is 5.16 Å². The van der Waals surface area contributed by atoms with Crippen LogP contribution in [-0.2, 0) is 16.2 Å². The molecule has 1 amide bonds. The quantitative estimate of drug-likeness (QED) is 0.672. The van der Waals surface area contributed by atoms with Crippen molar-refractivity contribution in [2.24, 2.45) is 10.9 Å². The van der Waals surface area contributed by atoms with Crippen molar-refractivity contribution in [1.82, 2.24) is 0 Å². The van der Waals surface area contributed by atoms with Crippen molar-refractivity contribution in [3.8, 4) is 17.2 Å². The number of nitriles is 1. The highest BCUT2D eigenvalue weighted by Gasteiger charge is 2.05. The van der Waals surface area contributed by atoms with Crippen LogP contribution in [0.5, 0.6) is 0 Å². The third kappa shape index (κ3) is 3.91. The summed E-state index contributed by atoms with van der Waals surface area (Å²) in [5, 5.41) is 12.0. The van der Waals surface area contributed by atoms with E-state index < -0.39 is 11.6 Å². The molecule has 5 nitrogen and oxygen atoms in total. The lowest BCUT2D eigenvalue weighted by molar-refractivity contribution is -0.112. The molecule has 0 unspecified atom stereocenters. The van der Waals surface area contributed by atoms with Crippen molar-refractivity contribution in [1.29, 1.82) is 5.26 Å². The molecule has 0 bridgehead atoms. The molecular formula is C16H13N3O2. The van der Waals surface area contributed by atoms with E-state index in [1.54, 1.807) is 6.07 Å². The number of benzene rings is 2. The van der Waals surface area contributed by atoms with Gasteiger partial charge in [0, 0.05) is 0 Å². The summed E-state index contributed by atoms with van der Waals surface area (Å²) in [6.45, 7) is 0.160. The van der Waals surface area contributed by atoms with Gasteiger partial charge in [-0.3, -0.25) is 4.79 Å². The number of nitrogens with zero attached hydrogens (tertiary/aromatic N) is 2. The van der Waals surface area contributed by atoms with Crippen molar-refractivity contribution < 1.29 is 9.63 Å². The number of rotatable bonds is 5. The van der Waals surface area contributed by atoms with Crippen LogP contribution in [0, 0.1) is 11.3 Å². The van der Waals surface area contributed by atoms with E-state index in [1.165, 1.54) is 0 Å². The van der Waals surface area contributed by atoms with E-state index in [0.29, 0.717) is 0 Å². The summed E-state index contributed by atoms with van der Waals surface area (Å²) in [4.78, 5) is 15.7. The zero-order chi connectivity index (χ0) is 15.1. The van der Waals surface area contributed by atoms with Gasteiger partial charge in [0.1, 0.15) is 12.7 Å². The molecule has 2 rings (SSSR count). The van der Waals surface area contributed by atoms with Crippen molar-refractivity contribution >= 4 is 11.6 Å². The summed E-state index contributed by atoms with van der Waals surface area (Å²) in [7, 11) is 0. The van der Waals surface area contributed by atoms with Gasteiger partial charge in [0.25, 0.3) is 5.91 Å². The molecule has 0 aromatic heterocycles. The van der Waals surface area contributed by atoms with Crippen LogP contribution >= 0.6 is 0 Å². The van der Waals surface area contributed by atoms with Crippen molar-refractivity contribution in [3.05, 3.63) is 60.2 Å². The van der Waals surface area contributed by atoms with Crippen molar-refractivity contribution in [2.75, 3.05) is 0 Å². The first-order chi connectivity index (χ1) is 10.2. The third-order valence-corrected chi connectivity index (χ3v) is 2.79. The molecule has 5 heteroatoms. The van der Waals surface area contributed by atoms with Gasteiger partial charge in [0.05, 0.1) is 0 Å². The number of carbonyl (C=O) groups excluding carboxylic acids is 1. The van der Waals surface area contributed by atoms with Crippen LogP contribution in [0.15, 0.2) is 59.8 Å². The summed E-state index contributed by atoms with van der Waals surface area (Å²) in [6, 6.07) is 19.3. The van der Waals surface area contributed by atoms with Gasteiger partial charge in [-0.2, -0.15) is 5.26 Å². The fourth-order valence-electron chi connectivity index (χ4n) is 1.72. The first kappa shape index (κ1) is 14.3. The number of oxime groups is 1. The zero-order valence-corrected chi connectivity index (χ0v) is 11.2. The normalized spacial score (nSPS) is 10.7. The number of amides is 1. The smallest absolute Gasteiger partial charge is 0.281 e. The minimum absolute atomic E-state index is 0.160. The summed E-state index contributed by atoms with van der Waals surface area (Å²) in [6.07, 6.45) is 0. The van der Waals surface area contributed by atoms with Crippen molar-refractivity contribution in [2.45, 2.75) is 6.61 Å². The molecule has 104 valence electrons. The zero-order valence-electron chi connectivity index (χ0n) is 11.2. The Labute approximate surface area is 122 Å². The fourth-order valence-corrected chi connectivity index (χ4v) is 1.72. The molecule has 0 saturated heterocycles. The molecule has 0 saturated carbocycles. The fraction of sp³-hybridized carbons (Fsp3) is 0.0625. The third-order valence-electron chi connectivity index (χ3n) is 2.79. The standard InChI is InChI=1S/C16H13N3O2/c17-10-15(16(18)20)19-21-11-12-6-8-14(9-7-12)13-4-2-1-3-5-13/h1-9H,11H2,(H2,18,20). The summed E-state index contributed by atoms with van der Waals surface area (Å²) in [5.74, 6) is -0.906. The maximum absolute atomic E-state index is 10.8. The molecular weight excluding hydrogens is 266 g/mol. The Hall–Kier alpha value is -3.13. The lowest BCUT2D eigenvalue weighted by Gasteiger charge is -2.04. The molecule has 0 heterocycles. The number of carbonyl (C=O) groups is 1. The maximum atomic E-state index is 10.8. The van der Waals surface area contributed by atoms with E-state index in [9.17, 15) is 4.79 Å². The van der Waals surface area contributed by atoms with Crippen LogP contribution in [0.2, 0.25) is 0 Å². The summed E-state index contributed by atoms with van der Waals surface area (Å²) >= 11 is 0. The molecule has 0 atom stereocenters. The number of nitrogens with two attached hydrogens (primary N) is 1. The highest BCUT2D eigenvalue weighted by Crippen LogP contribution is 2.19. The minimum Gasteiger partial charge on any atom is -0.390 e. The van der Waals surface area contributed by atoms with Gasteiger partial charge in [-0.25, -0.2) is 0 Å². The Bertz CT molecular complexity index is 686. The highest BCUT2D eigenvalue weighted by atomic mass is 16.6. The molecule has 2 N–H and O–H groups in total. The Morgan fingerprint density at radius 1 is 1.10 bits per heavy atom. The molecule has 0 fully saturated rings. The molecule has 0 aliphatic carbocycles. The van der Waals surface area contributed by atoms with E-state index in [0.717, 1.165) is 16.7 Å². The average molecular weight is 279 g/mol. The van der Waals surface area contributed by atoms with Crippen LogP contribution in [0.4, 0.5) is 0 Å². The highest BCUT2D eigenvalue weighted by molar-refractivity contribution is 6.44. The predicted octanol–water partition coefficient (Wildman–Crippen LogP) is 2.24. The predicted molar refractivity (Wildman–Crippen MR) is 78.9 cm³/mol. The van der Waals surface area contributed by atoms with E-state index in [4.69, 9.17) is 15.8 Å². The lowest BCUT2D eigenvalue weighted by Crippen LogP contribution is -2.21. The van der Waals surface area contributed by atoms with Crippen LogP contribution in [0.25, 0.3) is 11.1 Å². The van der Waals surface area contributed by atoms with Crippen LogP contribution in [0.3, 0.4) is 0 Å². The average Bonchev–Trinajstić information content (AvgIpc) is 2.53. The molecule has 0 radical (unpaired) electrons.